The number of nitrogens with one attached hydrogen (secondary N) is 5. The van der Waals surface area contributed by atoms with Gasteiger partial charge in [-0.25, -0.2) is 0 Å². The van der Waals surface area contributed by atoms with Crippen molar-refractivity contribution in [2.24, 2.45) is 11.5 Å². The summed E-state index contributed by atoms with van der Waals surface area (Å²) in [5, 5.41) is 19.8. The second-order valence-electron chi connectivity index (χ2n) is 6.05. The predicted molar refractivity (Wildman–Crippen MR) is 104 cm³/mol. The van der Waals surface area contributed by atoms with Gasteiger partial charge in [0.1, 0.15) is 12.6 Å². The fraction of sp³-hybridized carbons (Fsp3) is 0.625. The second kappa shape index (κ2) is 15.6. The van der Waals surface area contributed by atoms with Gasteiger partial charge in [-0.3, -0.25) is 28.8 Å². The lowest BCUT2D eigenvalue weighted by Crippen LogP contribution is -2.51. The van der Waals surface area contributed by atoms with Crippen LogP contribution in [0.2, 0.25) is 0 Å². The highest BCUT2D eigenvalue weighted by Crippen LogP contribution is 2.01. The molecule has 170 valence electrons. The van der Waals surface area contributed by atoms with Gasteiger partial charge in [-0.2, -0.15) is 0 Å². The van der Waals surface area contributed by atoms with Crippen LogP contribution in [0.4, 0.5) is 0 Å². The van der Waals surface area contributed by atoms with Gasteiger partial charge < -0.3 is 43.2 Å². The summed E-state index contributed by atoms with van der Waals surface area (Å²) in [6.07, 6.45) is 1.42. The van der Waals surface area contributed by atoms with Crippen molar-refractivity contribution in [1.82, 2.24) is 26.6 Å². The first-order chi connectivity index (χ1) is 14.2. The lowest BCUT2D eigenvalue weighted by Gasteiger charge is -2.18. The Kier molecular flexibility index (Phi) is 13.9. The van der Waals surface area contributed by atoms with Crippen LogP contribution in [0.3, 0.4) is 0 Å². The molecule has 0 unspecified atom stereocenters. The average molecular weight is 431 g/mol. The molecule has 0 aliphatic heterocycles. The van der Waals surface area contributed by atoms with Crippen LogP contribution in [0.15, 0.2) is 0 Å². The van der Waals surface area contributed by atoms with Crippen molar-refractivity contribution in [3.05, 3.63) is 0 Å². The third-order valence-corrected chi connectivity index (χ3v) is 3.54. The molecule has 0 saturated carbocycles. The zero-order chi connectivity index (χ0) is 22.9. The summed E-state index contributed by atoms with van der Waals surface area (Å²) in [5.74, 6) is -4.38. The van der Waals surface area contributed by atoms with Crippen molar-refractivity contribution in [3.63, 3.8) is 0 Å². The van der Waals surface area contributed by atoms with Crippen LogP contribution < -0.4 is 38.1 Å². The third-order valence-electron chi connectivity index (χ3n) is 3.54. The topological polar surface area (TPSA) is 235 Å². The smallest absolute Gasteiger partial charge is 0.322 e. The largest absolute Gasteiger partial charge is 0.480 e. The van der Waals surface area contributed by atoms with Gasteiger partial charge in [0.25, 0.3) is 0 Å². The van der Waals surface area contributed by atoms with Crippen molar-refractivity contribution >= 4 is 35.5 Å². The van der Waals surface area contributed by atoms with E-state index < -0.39 is 61.2 Å². The van der Waals surface area contributed by atoms with E-state index in [0.717, 1.165) is 0 Å². The fourth-order valence-corrected chi connectivity index (χ4v) is 2.03. The summed E-state index contributed by atoms with van der Waals surface area (Å²) in [6, 6.07) is -0.953. The first-order valence-corrected chi connectivity index (χ1v) is 9.18. The van der Waals surface area contributed by atoms with E-state index in [4.69, 9.17) is 16.6 Å². The standard InChI is InChI=1S/C16H29N7O7/c17-4-2-1-3-10(23-14(27)8-19-11(24)5-18)16(30)22-7-13(26)20-6-12(25)21-9-15(28)29/h10H,1-9,17-18H2,(H,19,24)(H,20,26)(H,21,25)(H,22,30)(H,23,27)(H,28,29)/t10-/m0/s1. The fourth-order valence-electron chi connectivity index (χ4n) is 2.03. The van der Waals surface area contributed by atoms with Gasteiger partial charge in [0.2, 0.25) is 29.5 Å². The summed E-state index contributed by atoms with van der Waals surface area (Å²) < 4.78 is 0. The molecule has 0 heterocycles. The lowest BCUT2D eigenvalue weighted by atomic mass is 10.1. The SMILES string of the molecule is NCCCC[C@H](NC(=O)CNC(=O)CN)C(=O)NCC(=O)NCC(=O)NCC(=O)O. The Morgan fingerprint density at radius 3 is 1.80 bits per heavy atom. The molecule has 14 heteroatoms. The van der Waals surface area contributed by atoms with Crippen LogP contribution in [0.1, 0.15) is 19.3 Å². The molecule has 0 fully saturated rings. The number of hydrogen-bond donors (Lipinski definition) is 8. The highest BCUT2D eigenvalue weighted by Gasteiger charge is 2.21. The lowest BCUT2D eigenvalue weighted by molar-refractivity contribution is -0.137. The van der Waals surface area contributed by atoms with Crippen LogP contribution >= 0.6 is 0 Å². The summed E-state index contributed by atoms with van der Waals surface area (Å²) in [6.45, 7) is -1.74. The summed E-state index contributed by atoms with van der Waals surface area (Å²) in [7, 11) is 0. The number of carbonyl (C=O) groups is 6. The van der Waals surface area contributed by atoms with Gasteiger partial charge in [-0.05, 0) is 25.8 Å². The first-order valence-electron chi connectivity index (χ1n) is 9.18. The van der Waals surface area contributed by atoms with Crippen LogP contribution in [0.25, 0.3) is 0 Å². The van der Waals surface area contributed by atoms with Crippen LogP contribution in [-0.2, 0) is 28.8 Å². The maximum atomic E-state index is 12.3. The highest BCUT2D eigenvalue weighted by atomic mass is 16.4. The van der Waals surface area contributed by atoms with Crippen LogP contribution in [0, 0.1) is 0 Å². The summed E-state index contributed by atoms with van der Waals surface area (Å²) in [4.78, 5) is 68.7. The predicted octanol–water partition coefficient (Wildman–Crippen LogP) is -4.89. The Balaban J connectivity index is 4.49. The molecule has 0 aromatic rings. The highest BCUT2D eigenvalue weighted by molar-refractivity contribution is 5.93. The molecule has 0 bridgehead atoms. The molecule has 10 N–H and O–H groups in total. The number of unbranched alkanes of at least 4 members (excludes halogenated alkanes) is 1. The molecule has 30 heavy (non-hydrogen) atoms. The van der Waals surface area contributed by atoms with E-state index in [-0.39, 0.29) is 19.5 Å². The van der Waals surface area contributed by atoms with E-state index in [1.165, 1.54) is 0 Å². The Morgan fingerprint density at radius 2 is 1.23 bits per heavy atom. The molecule has 1 atom stereocenters. The Bertz CT molecular complexity index is 627. The van der Waals surface area contributed by atoms with E-state index >= 15 is 0 Å². The van der Waals surface area contributed by atoms with Crippen molar-refractivity contribution in [3.8, 4) is 0 Å². The van der Waals surface area contributed by atoms with Gasteiger partial charge in [-0.1, -0.05) is 0 Å². The molecular formula is C16H29N7O7. The Hall–Kier alpha value is -3.26. The number of carboxylic acids is 1. The molecule has 0 aliphatic rings. The van der Waals surface area contributed by atoms with Crippen molar-refractivity contribution < 1.29 is 33.9 Å². The quantitative estimate of drug-likeness (QED) is 0.116. The van der Waals surface area contributed by atoms with Crippen molar-refractivity contribution in [2.45, 2.75) is 25.3 Å². The van der Waals surface area contributed by atoms with Crippen LogP contribution in [0.5, 0.6) is 0 Å². The normalized spacial score (nSPS) is 11.0. The van der Waals surface area contributed by atoms with E-state index in [1.807, 2.05) is 0 Å². The number of amides is 5. The molecule has 0 spiro atoms. The van der Waals surface area contributed by atoms with Crippen molar-refractivity contribution in [1.29, 1.82) is 0 Å². The molecule has 0 saturated heterocycles. The van der Waals surface area contributed by atoms with E-state index in [2.05, 4.69) is 26.6 Å². The van der Waals surface area contributed by atoms with E-state index in [1.54, 1.807) is 0 Å². The summed E-state index contributed by atoms with van der Waals surface area (Å²) >= 11 is 0. The molecule has 0 aliphatic carbocycles. The third kappa shape index (κ3) is 13.8. The Morgan fingerprint density at radius 1 is 0.700 bits per heavy atom. The van der Waals surface area contributed by atoms with E-state index in [0.29, 0.717) is 19.4 Å². The van der Waals surface area contributed by atoms with Gasteiger partial charge in [0.05, 0.1) is 26.2 Å². The minimum atomic E-state index is -1.23. The minimum Gasteiger partial charge on any atom is -0.480 e. The molecule has 5 amide bonds. The monoisotopic (exact) mass is 431 g/mol. The molecule has 0 aromatic heterocycles. The average Bonchev–Trinajstić information content (AvgIpc) is 2.71. The molecular weight excluding hydrogens is 402 g/mol. The molecule has 0 rings (SSSR count). The maximum Gasteiger partial charge on any atom is 0.322 e. The van der Waals surface area contributed by atoms with Gasteiger partial charge in [0.15, 0.2) is 0 Å². The summed E-state index contributed by atoms with van der Waals surface area (Å²) in [5.41, 5.74) is 10.5. The number of carboxylic acid groups (broad SMARTS) is 1. The zero-order valence-electron chi connectivity index (χ0n) is 16.5. The van der Waals surface area contributed by atoms with Gasteiger partial charge in [-0.15, -0.1) is 0 Å². The number of aliphatic carboxylic acids is 1. The maximum absolute atomic E-state index is 12.3. The number of rotatable bonds is 15. The molecule has 0 radical (unpaired) electrons. The Labute approximate surface area is 172 Å². The zero-order valence-corrected chi connectivity index (χ0v) is 16.5. The second-order valence-corrected chi connectivity index (χ2v) is 6.05. The van der Waals surface area contributed by atoms with Crippen molar-refractivity contribution in [2.75, 3.05) is 39.3 Å². The number of nitrogens with two attached hydrogens (primary N) is 2. The minimum absolute atomic E-state index is 0.263. The van der Waals surface area contributed by atoms with Gasteiger partial charge >= 0.3 is 5.97 Å². The van der Waals surface area contributed by atoms with Gasteiger partial charge in [0, 0.05) is 0 Å². The number of hydrogen-bond acceptors (Lipinski definition) is 8. The molecule has 14 nitrogen and oxygen atoms in total. The number of carbonyl (C=O) groups excluding carboxylic acids is 5. The van der Waals surface area contributed by atoms with Crippen LogP contribution in [-0.4, -0.2) is 85.9 Å². The first kappa shape index (κ1) is 26.7. The molecule has 0 aromatic carbocycles. The van der Waals surface area contributed by atoms with E-state index in [9.17, 15) is 28.8 Å².